The molecule has 0 aromatic heterocycles. The first-order valence-electron chi connectivity index (χ1n) is 5.72. The fourth-order valence-electron chi connectivity index (χ4n) is 1.57. The van der Waals surface area contributed by atoms with E-state index in [4.69, 9.17) is 4.74 Å². The average molecular weight is 330 g/mol. The SMILES string of the molecule is COC(=O)c1cc(OCC2CC2)c(Br)cc1[N+](=O)[O-]. The molecule has 19 heavy (non-hydrogen) atoms. The lowest BCUT2D eigenvalue weighted by molar-refractivity contribution is -0.385. The van der Waals surface area contributed by atoms with Gasteiger partial charge in [-0.05, 0) is 34.7 Å². The number of benzene rings is 1. The molecule has 1 aromatic rings. The van der Waals surface area contributed by atoms with Gasteiger partial charge in [-0.1, -0.05) is 0 Å². The Morgan fingerprint density at radius 3 is 2.74 bits per heavy atom. The molecule has 0 radical (unpaired) electrons. The van der Waals surface area contributed by atoms with Crippen molar-refractivity contribution < 1.29 is 19.2 Å². The second-order valence-corrected chi connectivity index (χ2v) is 5.16. The molecule has 0 atom stereocenters. The predicted octanol–water partition coefficient (Wildman–Crippen LogP) is 2.93. The van der Waals surface area contributed by atoms with E-state index in [9.17, 15) is 14.9 Å². The highest BCUT2D eigenvalue weighted by Gasteiger charge is 2.26. The van der Waals surface area contributed by atoms with E-state index in [-0.39, 0.29) is 11.3 Å². The summed E-state index contributed by atoms with van der Waals surface area (Å²) in [6.45, 7) is 0.553. The molecule has 1 fully saturated rings. The molecule has 1 aliphatic carbocycles. The van der Waals surface area contributed by atoms with Crippen LogP contribution in [0.3, 0.4) is 0 Å². The Bertz CT molecular complexity index is 527. The van der Waals surface area contributed by atoms with Crippen LogP contribution in [0, 0.1) is 16.0 Å². The molecule has 0 bridgehead atoms. The van der Waals surface area contributed by atoms with Gasteiger partial charge in [0.05, 0.1) is 23.1 Å². The number of esters is 1. The summed E-state index contributed by atoms with van der Waals surface area (Å²) in [4.78, 5) is 21.8. The van der Waals surface area contributed by atoms with Gasteiger partial charge in [-0.25, -0.2) is 4.79 Å². The van der Waals surface area contributed by atoms with Crippen molar-refractivity contribution in [2.24, 2.45) is 5.92 Å². The number of carbonyl (C=O) groups is 1. The summed E-state index contributed by atoms with van der Waals surface area (Å²) in [5, 5.41) is 10.9. The van der Waals surface area contributed by atoms with Gasteiger partial charge in [0.25, 0.3) is 5.69 Å². The Hall–Kier alpha value is -1.63. The highest BCUT2D eigenvalue weighted by atomic mass is 79.9. The summed E-state index contributed by atoms with van der Waals surface area (Å²) in [6.07, 6.45) is 2.27. The van der Waals surface area contributed by atoms with Crippen LogP contribution in [0.5, 0.6) is 5.75 Å². The maximum absolute atomic E-state index is 11.6. The number of halogens is 1. The molecule has 0 saturated heterocycles. The Morgan fingerprint density at radius 1 is 1.53 bits per heavy atom. The molecule has 0 heterocycles. The third-order valence-corrected chi connectivity index (χ3v) is 3.44. The topological polar surface area (TPSA) is 78.7 Å². The lowest BCUT2D eigenvalue weighted by Gasteiger charge is -2.09. The first-order chi connectivity index (χ1) is 9.02. The maximum Gasteiger partial charge on any atom is 0.345 e. The van der Waals surface area contributed by atoms with Gasteiger partial charge in [0.1, 0.15) is 11.3 Å². The van der Waals surface area contributed by atoms with Gasteiger partial charge >= 0.3 is 5.97 Å². The average Bonchev–Trinajstić information content (AvgIpc) is 3.20. The fraction of sp³-hybridized carbons (Fsp3) is 0.417. The van der Waals surface area contributed by atoms with Gasteiger partial charge in [0, 0.05) is 12.1 Å². The lowest BCUT2D eigenvalue weighted by atomic mass is 10.1. The molecule has 1 aliphatic rings. The van der Waals surface area contributed by atoms with Crippen molar-refractivity contribution in [1.82, 2.24) is 0 Å². The van der Waals surface area contributed by atoms with Gasteiger partial charge < -0.3 is 9.47 Å². The predicted molar refractivity (Wildman–Crippen MR) is 70.4 cm³/mol. The molecule has 0 amide bonds. The summed E-state index contributed by atoms with van der Waals surface area (Å²) >= 11 is 3.21. The number of carbonyl (C=O) groups excluding carboxylic acids is 1. The summed E-state index contributed by atoms with van der Waals surface area (Å²) in [6, 6.07) is 2.60. The molecule has 102 valence electrons. The van der Waals surface area contributed by atoms with Crippen molar-refractivity contribution in [2.45, 2.75) is 12.8 Å². The highest BCUT2D eigenvalue weighted by Crippen LogP contribution is 2.35. The Morgan fingerprint density at radius 2 is 2.21 bits per heavy atom. The summed E-state index contributed by atoms with van der Waals surface area (Å²) in [5.74, 6) is 0.206. The number of nitrogens with zero attached hydrogens (tertiary/aromatic N) is 1. The van der Waals surface area contributed by atoms with Crippen molar-refractivity contribution in [3.63, 3.8) is 0 Å². The van der Waals surface area contributed by atoms with Gasteiger partial charge in [-0.3, -0.25) is 10.1 Å². The standard InChI is InChI=1S/C12H12BrNO5/c1-18-12(15)8-4-11(19-6-7-2-3-7)9(13)5-10(8)14(16)17/h4-5,7H,2-3,6H2,1H3. The number of nitro groups is 1. The minimum Gasteiger partial charge on any atom is -0.492 e. The number of ether oxygens (including phenoxy) is 2. The van der Waals surface area contributed by atoms with Crippen LogP contribution in [0.15, 0.2) is 16.6 Å². The second kappa shape index (κ2) is 5.56. The summed E-state index contributed by atoms with van der Waals surface area (Å²) < 4.78 is 10.6. The van der Waals surface area contributed by atoms with Crippen molar-refractivity contribution in [3.8, 4) is 5.75 Å². The van der Waals surface area contributed by atoms with Crippen LogP contribution in [0.2, 0.25) is 0 Å². The monoisotopic (exact) mass is 329 g/mol. The van der Waals surface area contributed by atoms with Gasteiger partial charge in [-0.2, -0.15) is 0 Å². The second-order valence-electron chi connectivity index (χ2n) is 4.30. The zero-order chi connectivity index (χ0) is 14.0. The van der Waals surface area contributed by atoms with Crippen LogP contribution in [0.25, 0.3) is 0 Å². The zero-order valence-corrected chi connectivity index (χ0v) is 11.8. The van der Waals surface area contributed by atoms with E-state index in [1.54, 1.807) is 0 Å². The summed E-state index contributed by atoms with van der Waals surface area (Å²) in [5.41, 5.74) is -0.418. The number of hydrogen-bond donors (Lipinski definition) is 0. The van der Waals surface area contributed by atoms with Crippen molar-refractivity contribution in [1.29, 1.82) is 0 Å². The molecular formula is C12H12BrNO5. The van der Waals surface area contributed by atoms with Crippen LogP contribution in [0.1, 0.15) is 23.2 Å². The molecule has 0 spiro atoms. The molecule has 2 rings (SSSR count). The van der Waals surface area contributed by atoms with Crippen LogP contribution < -0.4 is 4.74 Å². The van der Waals surface area contributed by atoms with Gasteiger partial charge in [0.15, 0.2) is 0 Å². The molecular weight excluding hydrogens is 318 g/mol. The molecule has 7 heteroatoms. The third kappa shape index (κ3) is 3.23. The van der Waals surface area contributed by atoms with Crippen LogP contribution in [0.4, 0.5) is 5.69 Å². The minimum absolute atomic E-state index is 0.110. The van der Waals surface area contributed by atoms with Gasteiger partial charge in [-0.15, -0.1) is 0 Å². The van der Waals surface area contributed by atoms with Crippen LogP contribution in [-0.2, 0) is 4.74 Å². The highest BCUT2D eigenvalue weighted by molar-refractivity contribution is 9.10. The largest absolute Gasteiger partial charge is 0.492 e. The van der Waals surface area contributed by atoms with Crippen molar-refractivity contribution in [3.05, 3.63) is 32.3 Å². The molecule has 1 aromatic carbocycles. The molecule has 1 saturated carbocycles. The maximum atomic E-state index is 11.6. The van der Waals surface area contributed by atoms with E-state index in [1.807, 2.05) is 0 Å². The van der Waals surface area contributed by atoms with E-state index in [0.29, 0.717) is 22.7 Å². The third-order valence-electron chi connectivity index (χ3n) is 2.82. The van der Waals surface area contributed by atoms with Gasteiger partial charge in [0.2, 0.25) is 0 Å². The van der Waals surface area contributed by atoms with Crippen molar-refractivity contribution >= 4 is 27.6 Å². The number of methoxy groups -OCH3 is 1. The number of nitro benzene ring substituents is 1. The van der Waals surface area contributed by atoms with Crippen LogP contribution in [-0.4, -0.2) is 24.6 Å². The van der Waals surface area contributed by atoms with E-state index >= 15 is 0 Å². The Labute approximate surface area is 118 Å². The quantitative estimate of drug-likeness (QED) is 0.471. The summed E-state index contributed by atoms with van der Waals surface area (Å²) in [7, 11) is 1.18. The molecule has 0 unspecified atom stereocenters. The molecule has 0 aliphatic heterocycles. The number of rotatable bonds is 5. The fourth-order valence-corrected chi connectivity index (χ4v) is 2.02. The zero-order valence-electron chi connectivity index (χ0n) is 10.2. The molecule has 6 nitrogen and oxygen atoms in total. The smallest absolute Gasteiger partial charge is 0.345 e. The first kappa shape index (κ1) is 13.8. The Balaban J connectivity index is 2.33. The van der Waals surface area contributed by atoms with E-state index in [0.717, 1.165) is 12.8 Å². The van der Waals surface area contributed by atoms with E-state index in [1.165, 1.54) is 19.2 Å². The lowest BCUT2D eigenvalue weighted by Crippen LogP contribution is -2.07. The first-order valence-corrected chi connectivity index (χ1v) is 6.51. The van der Waals surface area contributed by atoms with Crippen LogP contribution >= 0.6 is 15.9 Å². The van der Waals surface area contributed by atoms with Crippen molar-refractivity contribution in [2.75, 3.05) is 13.7 Å². The molecule has 0 N–H and O–H groups in total. The van der Waals surface area contributed by atoms with E-state index < -0.39 is 10.9 Å². The minimum atomic E-state index is -0.754. The number of hydrogen-bond acceptors (Lipinski definition) is 5. The Kier molecular flexibility index (Phi) is 4.04. The van der Waals surface area contributed by atoms with E-state index in [2.05, 4.69) is 20.7 Å². The normalized spacial score (nSPS) is 14.0.